The molecule has 0 bridgehead atoms. The summed E-state index contributed by atoms with van der Waals surface area (Å²) in [4.78, 5) is 0. The molecule has 1 aromatic heterocycles. The first-order chi connectivity index (χ1) is 6.34. The zero-order chi connectivity index (χ0) is 9.10. The Balaban J connectivity index is 1.89. The number of anilines is 1. The molecule has 2 heterocycles. The molecule has 1 aliphatic rings. The summed E-state index contributed by atoms with van der Waals surface area (Å²) in [5.74, 6) is 4.05. The maximum Gasteiger partial charge on any atom is 0.145 e. The first-order valence-electron chi connectivity index (χ1n) is 4.72. The molecule has 1 saturated heterocycles. The van der Waals surface area contributed by atoms with Gasteiger partial charge in [0, 0.05) is 11.8 Å². The number of thioether (sulfide) groups is 1. The van der Waals surface area contributed by atoms with Gasteiger partial charge in [-0.1, -0.05) is 0 Å². The standard InChI is InChI=1S/C9H15N3S/c10-9-5-8(11-12-9)4-7-2-1-3-13-6-7/h5,7H,1-4,6H2,(H3,10,11,12). The molecule has 0 saturated carbocycles. The van der Waals surface area contributed by atoms with Crippen molar-refractivity contribution < 1.29 is 0 Å². The molecule has 13 heavy (non-hydrogen) atoms. The van der Waals surface area contributed by atoms with Crippen LogP contribution in [0, 0.1) is 5.92 Å². The van der Waals surface area contributed by atoms with Crippen molar-refractivity contribution in [1.82, 2.24) is 10.2 Å². The molecule has 1 atom stereocenters. The Labute approximate surface area is 82.5 Å². The molecule has 3 nitrogen and oxygen atoms in total. The summed E-state index contributed by atoms with van der Waals surface area (Å²) in [7, 11) is 0. The van der Waals surface area contributed by atoms with Crippen molar-refractivity contribution in [2.45, 2.75) is 19.3 Å². The fraction of sp³-hybridized carbons (Fsp3) is 0.667. The summed E-state index contributed by atoms with van der Waals surface area (Å²) in [6, 6.07) is 1.94. The predicted molar refractivity (Wildman–Crippen MR) is 56.8 cm³/mol. The molecule has 1 aliphatic heterocycles. The zero-order valence-corrected chi connectivity index (χ0v) is 8.44. The van der Waals surface area contributed by atoms with E-state index in [1.54, 1.807) is 0 Å². The van der Waals surface area contributed by atoms with Gasteiger partial charge in [0.15, 0.2) is 0 Å². The molecule has 0 aromatic carbocycles. The second-order valence-electron chi connectivity index (χ2n) is 3.61. The highest BCUT2D eigenvalue weighted by Gasteiger charge is 2.14. The molecule has 1 aromatic rings. The molecule has 3 N–H and O–H groups in total. The fourth-order valence-electron chi connectivity index (χ4n) is 1.76. The van der Waals surface area contributed by atoms with E-state index in [1.165, 1.54) is 30.0 Å². The fourth-order valence-corrected chi connectivity index (χ4v) is 2.92. The number of nitrogens with two attached hydrogens (primary N) is 1. The van der Waals surface area contributed by atoms with E-state index in [2.05, 4.69) is 22.0 Å². The Morgan fingerprint density at radius 2 is 2.62 bits per heavy atom. The van der Waals surface area contributed by atoms with Crippen LogP contribution in [-0.4, -0.2) is 21.7 Å². The van der Waals surface area contributed by atoms with Gasteiger partial charge in [-0.2, -0.15) is 16.9 Å². The first-order valence-corrected chi connectivity index (χ1v) is 5.87. The summed E-state index contributed by atoms with van der Waals surface area (Å²) in [5, 5.41) is 6.90. The number of nitrogens with zero attached hydrogens (tertiary/aromatic N) is 1. The summed E-state index contributed by atoms with van der Waals surface area (Å²) < 4.78 is 0. The molecular formula is C9H15N3S. The van der Waals surface area contributed by atoms with E-state index in [0.717, 1.165) is 12.3 Å². The Bertz CT molecular complexity index is 266. The van der Waals surface area contributed by atoms with Crippen LogP contribution in [-0.2, 0) is 6.42 Å². The van der Waals surface area contributed by atoms with Crippen molar-refractivity contribution in [2.75, 3.05) is 17.2 Å². The molecule has 0 aliphatic carbocycles. The minimum Gasteiger partial charge on any atom is -0.382 e. The molecule has 72 valence electrons. The van der Waals surface area contributed by atoms with E-state index in [-0.39, 0.29) is 0 Å². The topological polar surface area (TPSA) is 54.7 Å². The average molecular weight is 197 g/mol. The number of hydrogen-bond acceptors (Lipinski definition) is 3. The molecule has 0 radical (unpaired) electrons. The highest BCUT2D eigenvalue weighted by Crippen LogP contribution is 2.25. The maximum atomic E-state index is 5.54. The van der Waals surface area contributed by atoms with Crippen molar-refractivity contribution in [3.05, 3.63) is 11.8 Å². The summed E-state index contributed by atoms with van der Waals surface area (Å²) >= 11 is 2.06. The SMILES string of the molecule is Nc1cc(CC2CCCSC2)[nH]n1. The lowest BCUT2D eigenvalue weighted by Crippen LogP contribution is -2.13. The molecular weight excluding hydrogens is 182 g/mol. The number of hydrogen-bond donors (Lipinski definition) is 2. The van der Waals surface area contributed by atoms with Crippen LogP contribution in [0.15, 0.2) is 6.07 Å². The van der Waals surface area contributed by atoms with Crippen LogP contribution in [0.4, 0.5) is 5.82 Å². The summed E-state index contributed by atoms with van der Waals surface area (Å²) in [5.41, 5.74) is 6.72. The van der Waals surface area contributed by atoms with Crippen molar-refractivity contribution >= 4 is 17.6 Å². The number of aromatic amines is 1. The smallest absolute Gasteiger partial charge is 0.145 e. The number of H-pyrrole nitrogens is 1. The van der Waals surface area contributed by atoms with E-state index in [4.69, 9.17) is 5.73 Å². The summed E-state index contributed by atoms with van der Waals surface area (Å²) in [6.45, 7) is 0. The first kappa shape index (κ1) is 8.94. The number of nitrogens with one attached hydrogen (secondary N) is 1. The molecule has 2 rings (SSSR count). The minimum atomic E-state index is 0.610. The van der Waals surface area contributed by atoms with E-state index >= 15 is 0 Å². The van der Waals surface area contributed by atoms with Crippen LogP contribution in [0.5, 0.6) is 0 Å². The Kier molecular flexibility index (Phi) is 2.78. The molecule has 1 unspecified atom stereocenters. The Morgan fingerprint density at radius 3 is 3.23 bits per heavy atom. The molecule has 0 amide bonds. The van der Waals surface area contributed by atoms with Gasteiger partial charge in [-0.05, 0) is 36.7 Å². The highest BCUT2D eigenvalue weighted by molar-refractivity contribution is 7.99. The normalized spacial score (nSPS) is 23.2. The van der Waals surface area contributed by atoms with Gasteiger partial charge in [-0.15, -0.1) is 0 Å². The second-order valence-corrected chi connectivity index (χ2v) is 4.76. The van der Waals surface area contributed by atoms with Crippen LogP contribution in [0.2, 0.25) is 0 Å². The van der Waals surface area contributed by atoms with Gasteiger partial charge in [0.25, 0.3) is 0 Å². The quantitative estimate of drug-likeness (QED) is 0.758. The van der Waals surface area contributed by atoms with Crippen LogP contribution in [0.1, 0.15) is 18.5 Å². The second kappa shape index (κ2) is 4.05. The zero-order valence-electron chi connectivity index (χ0n) is 7.62. The average Bonchev–Trinajstić information content (AvgIpc) is 2.53. The van der Waals surface area contributed by atoms with Crippen molar-refractivity contribution in [3.63, 3.8) is 0 Å². The van der Waals surface area contributed by atoms with Crippen molar-refractivity contribution in [2.24, 2.45) is 5.92 Å². The van der Waals surface area contributed by atoms with E-state index < -0.39 is 0 Å². The number of rotatable bonds is 2. The van der Waals surface area contributed by atoms with E-state index in [1.807, 2.05) is 6.07 Å². The Hall–Kier alpha value is -0.640. The Morgan fingerprint density at radius 1 is 1.69 bits per heavy atom. The van der Waals surface area contributed by atoms with Gasteiger partial charge in [0.1, 0.15) is 5.82 Å². The van der Waals surface area contributed by atoms with Gasteiger partial charge in [-0.25, -0.2) is 0 Å². The predicted octanol–water partition coefficient (Wildman–Crippen LogP) is 1.68. The van der Waals surface area contributed by atoms with Gasteiger partial charge < -0.3 is 5.73 Å². The van der Waals surface area contributed by atoms with Crippen molar-refractivity contribution in [3.8, 4) is 0 Å². The van der Waals surface area contributed by atoms with Crippen LogP contribution in [0.3, 0.4) is 0 Å². The monoisotopic (exact) mass is 197 g/mol. The third-order valence-electron chi connectivity index (χ3n) is 2.41. The lowest BCUT2D eigenvalue weighted by Gasteiger charge is -2.20. The number of nitrogen functional groups attached to an aromatic ring is 1. The van der Waals surface area contributed by atoms with Gasteiger partial charge in [-0.3, -0.25) is 5.10 Å². The van der Waals surface area contributed by atoms with E-state index in [0.29, 0.717) is 5.82 Å². The van der Waals surface area contributed by atoms with Gasteiger partial charge >= 0.3 is 0 Å². The van der Waals surface area contributed by atoms with Crippen molar-refractivity contribution in [1.29, 1.82) is 0 Å². The van der Waals surface area contributed by atoms with Crippen LogP contribution < -0.4 is 5.73 Å². The molecule has 0 spiro atoms. The largest absolute Gasteiger partial charge is 0.382 e. The lowest BCUT2D eigenvalue weighted by molar-refractivity contribution is 0.515. The highest BCUT2D eigenvalue weighted by atomic mass is 32.2. The third-order valence-corrected chi connectivity index (χ3v) is 3.70. The van der Waals surface area contributed by atoms with Gasteiger partial charge in [0.2, 0.25) is 0 Å². The molecule has 1 fully saturated rings. The van der Waals surface area contributed by atoms with E-state index in [9.17, 15) is 0 Å². The van der Waals surface area contributed by atoms with Crippen LogP contribution >= 0.6 is 11.8 Å². The van der Waals surface area contributed by atoms with Gasteiger partial charge in [0.05, 0.1) is 0 Å². The minimum absolute atomic E-state index is 0.610. The number of aromatic nitrogens is 2. The third kappa shape index (κ3) is 2.40. The maximum absolute atomic E-state index is 5.54. The lowest BCUT2D eigenvalue weighted by atomic mass is 10.00. The summed E-state index contributed by atoms with van der Waals surface area (Å²) in [6.07, 6.45) is 3.82. The molecule has 4 heteroatoms. The van der Waals surface area contributed by atoms with Crippen LogP contribution in [0.25, 0.3) is 0 Å².